The van der Waals surface area contributed by atoms with Gasteiger partial charge in [-0.25, -0.2) is 4.79 Å². The van der Waals surface area contributed by atoms with E-state index in [-0.39, 0.29) is 6.09 Å². The fourth-order valence-corrected chi connectivity index (χ4v) is 2.31. The normalized spacial score (nSPS) is 19.2. The second-order valence-electron chi connectivity index (χ2n) is 4.79. The predicted octanol–water partition coefficient (Wildman–Crippen LogP) is 2.93. The van der Waals surface area contributed by atoms with Crippen LogP contribution >= 0.6 is 0 Å². The van der Waals surface area contributed by atoms with Crippen molar-refractivity contribution in [3.63, 3.8) is 0 Å². The van der Waals surface area contributed by atoms with Crippen molar-refractivity contribution in [1.82, 2.24) is 4.90 Å². The first-order valence-corrected chi connectivity index (χ1v) is 6.89. The van der Waals surface area contributed by atoms with Crippen molar-refractivity contribution in [1.29, 1.82) is 0 Å². The van der Waals surface area contributed by atoms with Crippen LogP contribution in [0.3, 0.4) is 0 Å². The van der Waals surface area contributed by atoms with Crippen LogP contribution in [-0.4, -0.2) is 37.3 Å². The van der Waals surface area contributed by atoms with E-state index in [1.807, 2.05) is 25.1 Å². The summed E-state index contributed by atoms with van der Waals surface area (Å²) in [6.07, 6.45) is 1.88. The van der Waals surface area contributed by atoms with E-state index in [0.29, 0.717) is 11.7 Å². The largest absolute Gasteiger partial charge is 0.415 e. The summed E-state index contributed by atoms with van der Waals surface area (Å²) in [5.74, 6) is 1.02. The Balaban J connectivity index is 1.85. The van der Waals surface area contributed by atoms with Gasteiger partial charge in [0.1, 0.15) is 5.75 Å². The first kappa shape index (κ1) is 13.9. The first-order valence-electron chi connectivity index (χ1n) is 6.89. The molecule has 0 radical (unpaired) electrons. The summed E-state index contributed by atoms with van der Waals surface area (Å²) in [5.41, 5.74) is 0. The topological polar surface area (TPSA) is 38.8 Å². The van der Waals surface area contributed by atoms with Crippen molar-refractivity contribution in [3.8, 4) is 5.75 Å². The highest BCUT2D eigenvalue weighted by Crippen LogP contribution is 2.18. The molecule has 1 aliphatic rings. The molecule has 1 amide bonds. The van der Waals surface area contributed by atoms with Crippen LogP contribution in [0.25, 0.3) is 0 Å². The maximum absolute atomic E-state index is 12.0. The molecule has 1 aromatic rings. The van der Waals surface area contributed by atoms with Crippen LogP contribution in [0.5, 0.6) is 5.75 Å². The van der Waals surface area contributed by atoms with Gasteiger partial charge in [-0.15, -0.1) is 0 Å². The van der Waals surface area contributed by atoms with E-state index < -0.39 is 0 Å². The molecule has 1 unspecified atom stereocenters. The number of carbonyl (C=O) groups excluding carboxylic acids is 1. The van der Waals surface area contributed by atoms with Crippen molar-refractivity contribution in [2.75, 3.05) is 26.3 Å². The van der Waals surface area contributed by atoms with Crippen molar-refractivity contribution < 1.29 is 14.3 Å². The van der Waals surface area contributed by atoms with Gasteiger partial charge < -0.3 is 14.4 Å². The monoisotopic (exact) mass is 263 g/mol. The van der Waals surface area contributed by atoms with Gasteiger partial charge in [-0.05, 0) is 31.9 Å². The molecule has 1 aromatic carbocycles. The van der Waals surface area contributed by atoms with Crippen LogP contribution in [0.4, 0.5) is 4.79 Å². The number of benzene rings is 1. The molecule has 0 saturated carbocycles. The molecule has 1 saturated heterocycles. The zero-order chi connectivity index (χ0) is 13.5. The van der Waals surface area contributed by atoms with Gasteiger partial charge >= 0.3 is 6.09 Å². The van der Waals surface area contributed by atoms with Crippen LogP contribution < -0.4 is 4.74 Å². The third kappa shape index (κ3) is 4.24. The van der Waals surface area contributed by atoms with E-state index in [2.05, 4.69) is 0 Å². The van der Waals surface area contributed by atoms with E-state index in [9.17, 15) is 4.79 Å². The van der Waals surface area contributed by atoms with Gasteiger partial charge in [-0.2, -0.15) is 0 Å². The fourth-order valence-electron chi connectivity index (χ4n) is 2.31. The van der Waals surface area contributed by atoms with Crippen LogP contribution in [0.15, 0.2) is 30.3 Å². The number of para-hydroxylation sites is 1. The van der Waals surface area contributed by atoms with Gasteiger partial charge in [0.15, 0.2) is 0 Å². The summed E-state index contributed by atoms with van der Waals surface area (Å²) >= 11 is 0. The number of likely N-dealkylation sites (tertiary alicyclic amines) is 1. The number of amides is 1. The molecular weight excluding hydrogens is 242 g/mol. The molecule has 4 heteroatoms. The van der Waals surface area contributed by atoms with Crippen molar-refractivity contribution in [2.45, 2.75) is 19.8 Å². The summed E-state index contributed by atoms with van der Waals surface area (Å²) in [6.45, 7) is 4.95. The number of carbonyl (C=O) groups is 1. The number of rotatable bonds is 4. The van der Waals surface area contributed by atoms with Crippen LogP contribution in [0.1, 0.15) is 19.8 Å². The lowest BCUT2D eigenvalue weighted by Gasteiger charge is -2.31. The summed E-state index contributed by atoms with van der Waals surface area (Å²) in [6, 6.07) is 9.20. The molecule has 0 aliphatic carbocycles. The molecule has 1 heterocycles. The molecule has 0 spiro atoms. The SMILES string of the molecule is CCOCC1CCCN(C(=O)Oc2ccccc2)C1. The zero-order valence-corrected chi connectivity index (χ0v) is 11.4. The Morgan fingerprint density at radius 1 is 1.37 bits per heavy atom. The fraction of sp³-hybridized carbons (Fsp3) is 0.533. The van der Waals surface area contributed by atoms with Crippen molar-refractivity contribution in [2.24, 2.45) is 5.92 Å². The molecule has 1 aliphatic heterocycles. The average molecular weight is 263 g/mol. The van der Waals surface area contributed by atoms with Gasteiger partial charge in [-0.1, -0.05) is 18.2 Å². The maximum atomic E-state index is 12.0. The van der Waals surface area contributed by atoms with E-state index in [4.69, 9.17) is 9.47 Å². The lowest BCUT2D eigenvalue weighted by molar-refractivity contribution is 0.0669. The molecular formula is C15H21NO3. The van der Waals surface area contributed by atoms with E-state index in [0.717, 1.165) is 39.1 Å². The molecule has 104 valence electrons. The number of ether oxygens (including phenoxy) is 2. The standard InChI is InChI=1S/C15H21NO3/c1-2-18-12-13-7-6-10-16(11-13)15(17)19-14-8-4-3-5-9-14/h3-5,8-9,13H,2,6-7,10-12H2,1H3. The quantitative estimate of drug-likeness (QED) is 0.838. The maximum Gasteiger partial charge on any atom is 0.415 e. The summed E-state index contributed by atoms with van der Waals surface area (Å²) < 4.78 is 10.8. The molecule has 19 heavy (non-hydrogen) atoms. The summed E-state index contributed by atoms with van der Waals surface area (Å²) in [7, 11) is 0. The van der Waals surface area contributed by atoms with Crippen LogP contribution in [0.2, 0.25) is 0 Å². The highest BCUT2D eigenvalue weighted by Gasteiger charge is 2.24. The van der Waals surface area contributed by atoms with Gasteiger partial charge in [0.05, 0.1) is 6.61 Å². The second-order valence-corrected chi connectivity index (χ2v) is 4.79. The summed E-state index contributed by atoms with van der Waals surface area (Å²) in [5, 5.41) is 0. The number of piperidine rings is 1. The minimum Gasteiger partial charge on any atom is -0.410 e. The average Bonchev–Trinajstić information content (AvgIpc) is 2.46. The molecule has 0 aromatic heterocycles. The molecule has 1 atom stereocenters. The summed E-state index contributed by atoms with van der Waals surface area (Å²) in [4.78, 5) is 13.8. The number of hydrogen-bond donors (Lipinski definition) is 0. The van der Waals surface area contributed by atoms with Crippen molar-refractivity contribution >= 4 is 6.09 Å². The van der Waals surface area contributed by atoms with Crippen molar-refractivity contribution in [3.05, 3.63) is 30.3 Å². The van der Waals surface area contributed by atoms with Gasteiger partial charge in [0.2, 0.25) is 0 Å². The van der Waals surface area contributed by atoms with E-state index in [1.165, 1.54) is 0 Å². The molecule has 2 rings (SSSR count). The highest BCUT2D eigenvalue weighted by atomic mass is 16.6. The first-order chi connectivity index (χ1) is 9.29. The predicted molar refractivity (Wildman–Crippen MR) is 73.3 cm³/mol. The third-order valence-electron chi connectivity index (χ3n) is 3.28. The Labute approximate surface area is 114 Å². The minimum absolute atomic E-state index is 0.257. The molecule has 1 fully saturated rings. The second kappa shape index (κ2) is 7.14. The Hall–Kier alpha value is -1.55. The van der Waals surface area contributed by atoms with E-state index in [1.54, 1.807) is 17.0 Å². The number of nitrogens with zero attached hydrogens (tertiary/aromatic N) is 1. The molecule has 0 bridgehead atoms. The molecule has 4 nitrogen and oxygen atoms in total. The Bertz CT molecular complexity index is 394. The Kier molecular flexibility index (Phi) is 5.21. The van der Waals surface area contributed by atoms with Crippen LogP contribution in [0, 0.1) is 5.92 Å². The molecule has 0 N–H and O–H groups in total. The highest BCUT2D eigenvalue weighted by molar-refractivity contribution is 5.70. The number of hydrogen-bond acceptors (Lipinski definition) is 3. The lowest BCUT2D eigenvalue weighted by atomic mass is 9.99. The van der Waals surface area contributed by atoms with Gasteiger partial charge in [0, 0.05) is 25.6 Å². The Morgan fingerprint density at radius 3 is 2.89 bits per heavy atom. The Morgan fingerprint density at radius 2 is 2.16 bits per heavy atom. The van der Waals surface area contributed by atoms with Crippen LogP contribution in [-0.2, 0) is 4.74 Å². The zero-order valence-electron chi connectivity index (χ0n) is 11.4. The van der Waals surface area contributed by atoms with Gasteiger partial charge in [-0.3, -0.25) is 0 Å². The van der Waals surface area contributed by atoms with Gasteiger partial charge in [0.25, 0.3) is 0 Å². The lowest BCUT2D eigenvalue weighted by Crippen LogP contribution is -2.42. The third-order valence-corrected chi connectivity index (χ3v) is 3.28. The minimum atomic E-state index is -0.257. The van der Waals surface area contributed by atoms with E-state index >= 15 is 0 Å². The smallest absolute Gasteiger partial charge is 0.410 e.